The van der Waals surface area contributed by atoms with E-state index in [9.17, 15) is 13.5 Å². The van der Waals surface area contributed by atoms with Crippen molar-refractivity contribution in [3.8, 4) is 5.75 Å². The number of phenolic OH excluding ortho intramolecular Hbond substituents is 1. The molecular formula is C12H17ClO3S. The van der Waals surface area contributed by atoms with Crippen LogP contribution in [0.15, 0.2) is 18.2 Å². The minimum atomic E-state index is -3.65. The van der Waals surface area contributed by atoms with Crippen LogP contribution in [0, 0.1) is 5.41 Å². The molecule has 0 saturated carbocycles. The van der Waals surface area contributed by atoms with Gasteiger partial charge in [-0.25, -0.2) is 8.42 Å². The van der Waals surface area contributed by atoms with E-state index in [4.69, 9.17) is 10.7 Å². The zero-order chi connectivity index (χ0) is 13.3. The summed E-state index contributed by atoms with van der Waals surface area (Å²) in [5, 5.41) is 9.57. The summed E-state index contributed by atoms with van der Waals surface area (Å²) in [6.07, 6.45) is 0.808. The van der Waals surface area contributed by atoms with E-state index in [1.165, 1.54) is 6.07 Å². The molecule has 0 unspecified atom stereocenters. The Balaban J connectivity index is 3.03. The van der Waals surface area contributed by atoms with Gasteiger partial charge in [0.05, 0.1) is 5.75 Å². The van der Waals surface area contributed by atoms with Crippen LogP contribution in [0.25, 0.3) is 0 Å². The molecule has 0 atom stereocenters. The third-order valence-corrected chi connectivity index (χ3v) is 3.19. The Morgan fingerprint density at radius 1 is 1.29 bits per heavy atom. The van der Waals surface area contributed by atoms with E-state index in [1.807, 2.05) is 0 Å². The van der Waals surface area contributed by atoms with E-state index in [2.05, 4.69) is 20.8 Å². The zero-order valence-corrected chi connectivity index (χ0v) is 11.8. The van der Waals surface area contributed by atoms with Gasteiger partial charge in [-0.15, -0.1) is 0 Å². The maximum absolute atomic E-state index is 11.0. The maximum atomic E-state index is 11.0. The highest BCUT2D eigenvalue weighted by molar-refractivity contribution is 8.13. The molecular weight excluding hydrogens is 260 g/mol. The largest absolute Gasteiger partial charge is 0.508 e. The molecule has 1 aromatic rings. The molecule has 0 amide bonds. The van der Waals surface area contributed by atoms with Crippen LogP contribution in [0.2, 0.25) is 0 Å². The third kappa shape index (κ3) is 5.41. The summed E-state index contributed by atoms with van der Waals surface area (Å²) in [5.41, 5.74) is 1.45. The van der Waals surface area contributed by atoms with E-state index in [-0.39, 0.29) is 16.9 Å². The van der Waals surface area contributed by atoms with Gasteiger partial charge in [-0.2, -0.15) is 0 Å². The monoisotopic (exact) mass is 276 g/mol. The van der Waals surface area contributed by atoms with Crippen molar-refractivity contribution in [2.24, 2.45) is 5.41 Å². The van der Waals surface area contributed by atoms with Gasteiger partial charge in [-0.3, -0.25) is 0 Å². The lowest BCUT2D eigenvalue weighted by atomic mass is 9.88. The van der Waals surface area contributed by atoms with Crippen molar-refractivity contribution in [1.82, 2.24) is 0 Å². The number of aromatic hydroxyl groups is 1. The molecule has 0 spiro atoms. The lowest BCUT2D eigenvalue weighted by molar-refractivity contribution is 0.410. The fourth-order valence-electron chi connectivity index (χ4n) is 1.66. The summed E-state index contributed by atoms with van der Waals surface area (Å²) in [6.45, 7) is 6.29. The first-order valence-electron chi connectivity index (χ1n) is 5.30. The molecule has 3 nitrogen and oxygen atoms in total. The molecule has 1 rings (SSSR count). The van der Waals surface area contributed by atoms with Gasteiger partial charge >= 0.3 is 0 Å². The van der Waals surface area contributed by atoms with E-state index in [1.54, 1.807) is 12.1 Å². The molecule has 0 aromatic heterocycles. The molecule has 0 fully saturated rings. The Bertz CT molecular complexity index is 501. The van der Waals surface area contributed by atoms with Gasteiger partial charge in [0.25, 0.3) is 0 Å². The van der Waals surface area contributed by atoms with Crippen LogP contribution in [-0.2, 0) is 21.2 Å². The molecule has 0 heterocycles. The normalized spacial score (nSPS) is 12.7. The van der Waals surface area contributed by atoms with Gasteiger partial charge in [-0.05, 0) is 23.5 Å². The molecule has 0 aliphatic heterocycles. The number of hydrogen-bond acceptors (Lipinski definition) is 3. The smallest absolute Gasteiger partial charge is 0.236 e. The first-order chi connectivity index (χ1) is 7.57. The molecule has 1 N–H and O–H groups in total. The summed E-state index contributed by atoms with van der Waals surface area (Å²) in [6, 6.07) is 5.00. The molecule has 0 bridgehead atoms. The first-order valence-corrected chi connectivity index (χ1v) is 7.78. The van der Waals surface area contributed by atoms with Crippen molar-refractivity contribution in [2.45, 2.75) is 32.9 Å². The second-order valence-electron chi connectivity index (χ2n) is 5.38. The number of phenols is 1. The molecule has 5 heteroatoms. The fraction of sp³-hybridized carbons (Fsp3) is 0.500. The summed E-state index contributed by atoms with van der Waals surface area (Å²) >= 11 is 0. The van der Waals surface area contributed by atoms with E-state index >= 15 is 0 Å². The summed E-state index contributed by atoms with van der Waals surface area (Å²) in [4.78, 5) is 0. The van der Waals surface area contributed by atoms with Gasteiger partial charge < -0.3 is 5.11 Å². The van der Waals surface area contributed by atoms with Crippen molar-refractivity contribution < 1.29 is 13.5 Å². The van der Waals surface area contributed by atoms with Crippen LogP contribution in [0.1, 0.15) is 31.9 Å². The van der Waals surface area contributed by atoms with Crippen LogP contribution in [0.3, 0.4) is 0 Å². The second-order valence-corrected chi connectivity index (χ2v) is 8.16. The van der Waals surface area contributed by atoms with Crippen LogP contribution < -0.4 is 0 Å². The summed E-state index contributed by atoms with van der Waals surface area (Å²) in [5.74, 6) is -0.384. The molecule has 1 aromatic carbocycles. The summed E-state index contributed by atoms with van der Waals surface area (Å²) in [7, 11) is 1.54. The number of hydrogen-bond donors (Lipinski definition) is 1. The van der Waals surface area contributed by atoms with Crippen molar-refractivity contribution in [1.29, 1.82) is 0 Å². The highest BCUT2D eigenvalue weighted by Crippen LogP contribution is 2.26. The van der Waals surface area contributed by atoms with Gasteiger partial charge in [0.15, 0.2) is 0 Å². The predicted molar refractivity (Wildman–Crippen MR) is 69.7 cm³/mol. The van der Waals surface area contributed by atoms with Crippen molar-refractivity contribution in [2.75, 3.05) is 0 Å². The van der Waals surface area contributed by atoms with Crippen LogP contribution in [-0.4, -0.2) is 13.5 Å². The SMILES string of the molecule is CC(C)(C)Cc1ccc(O)c(CS(=O)(=O)Cl)c1. The van der Waals surface area contributed by atoms with Gasteiger partial charge in [0, 0.05) is 16.2 Å². The van der Waals surface area contributed by atoms with Gasteiger partial charge in [-0.1, -0.05) is 32.9 Å². The van der Waals surface area contributed by atoms with Crippen LogP contribution in [0.4, 0.5) is 0 Å². The Morgan fingerprint density at radius 3 is 2.35 bits per heavy atom. The Labute approximate surface area is 107 Å². The molecule has 96 valence electrons. The average molecular weight is 277 g/mol. The molecule has 0 aliphatic rings. The fourth-order valence-corrected chi connectivity index (χ4v) is 2.62. The van der Waals surface area contributed by atoms with E-state index < -0.39 is 9.05 Å². The van der Waals surface area contributed by atoms with Crippen molar-refractivity contribution >= 4 is 19.7 Å². The highest BCUT2D eigenvalue weighted by Gasteiger charge is 2.15. The third-order valence-electron chi connectivity index (χ3n) is 2.21. The molecule has 0 saturated heterocycles. The molecule has 0 radical (unpaired) electrons. The second kappa shape index (κ2) is 4.86. The highest BCUT2D eigenvalue weighted by atomic mass is 35.7. The topological polar surface area (TPSA) is 54.4 Å². The van der Waals surface area contributed by atoms with Crippen molar-refractivity contribution in [3.63, 3.8) is 0 Å². The maximum Gasteiger partial charge on any atom is 0.236 e. The standard InChI is InChI=1S/C12H17ClO3S/c1-12(2,3)7-9-4-5-11(14)10(6-9)8-17(13,15)16/h4-6,14H,7-8H2,1-3H3. The predicted octanol–water partition coefficient (Wildman–Crippen LogP) is 3.05. The first kappa shape index (κ1) is 14.3. The van der Waals surface area contributed by atoms with Gasteiger partial charge in [0.2, 0.25) is 9.05 Å². The lowest BCUT2D eigenvalue weighted by Gasteiger charge is -2.18. The Morgan fingerprint density at radius 2 is 1.88 bits per heavy atom. The minimum absolute atomic E-state index is 0.0353. The average Bonchev–Trinajstić information content (AvgIpc) is 2.05. The van der Waals surface area contributed by atoms with Crippen LogP contribution >= 0.6 is 10.7 Å². The quantitative estimate of drug-likeness (QED) is 0.864. The number of rotatable bonds is 3. The lowest BCUT2D eigenvalue weighted by Crippen LogP contribution is -2.09. The minimum Gasteiger partial charge on any atom is -0.508 e. The summed E-state index contributed by atoms with van der Waals surface area (Å²) < 4.78 is 22.0. The molecule has 0 aliphatic carbocycles. The Kier molecular flexibility index (Phi) is 4.10. The van der Waals surface area contributed by atoms with Crippen molar-refractivity contribution in [3.05, 3.63) is 29.3 Å². The number of halogens is 1. The van der Waals surface area contributed by atoms with E-state index in [0.29, 0.717) is 5.56 Å². The zero-order valence-electron chi connectivity index (χ0n) is 10.2. The van der Waals surface area contributed by atoms with Gasteiger partial charge in [0.1, 0.15) is 5.75 Å². The molecule has 17 heavy (non-hydrogen) atoms. The van der Waals surface area contributed by atoms with Crippen LogP contribution in [0.5, 0.6) is 5.75 Å². The Hall–Kier alpha value is -0.740. The number of benzene rings is 1. The van der Waals surface area contributed by atoms with E-state index in [0.717, 1.165) is 12.0 Å².